The third-order valence-corrected chi connectivity index (χ3v) is 2.70. The number of likely N-dealkylation sites (tertiary alicyclic amines) is 1. The summed E-state index contributed by atoms with van der Waals surface area (Å²) in [5, 5.41) is 0. The molecule has 68 valence electrons. The Morgan fingerprint density at radius 1 is 1.18 bits per heavy atom. The Morgan fingerprint density at radius 3 is 2.18 bits per heavy atom. The summed E-state index contributed by atoms with van der Waals surface area (Å²) in [4.78, 5) is 0. The van der Waals surface area contributed by atoms with Crippen molar-refractivity contribution in [1.29, 1.82) is 0 Å². The first kappa shape index (κ1) is 11.4. The highest BCUT2D eigenvalue weighted by atomic mass is 79.9. The SMILES string of the molecule is CCCC[N+]1(C)CCCC1.[Br-]. The molecule has 1 saturated heterocycles. The molecule has 1 aliphatic rings. The molecule has 1 heterocycles. The maximum absolute atomic E-state index is 2.41. The highest BCUT2D eigenvalue weighted by Crippen LogP contribution is 2.16. The van der Waals surface area contributed by atoms with Crippen LogP contribution in [-0.2, 0) is 0 Å². The number of nitrogens with zero attached hydrogens (tertiary/aromatic N) is 1. The van der Waals surface area contributed by atoms with E-state index < -0.39 is 0 Å². The average Bonchev–Trinajstić information content (AvgIpc) is 2.33. The first-order valence-corrected chi connectivity index (χ1v) is 4.60. The molecule has 1 aliphatic heterocycles. The topological polar surface area (TPSA) is 0 Å². The van der Waals surface area contributed by atoms with E-state index >= 15 is 0 Å². The van der Waals surface area contributed by atoms with Crippen molar-refractivity contribution in [3.05, 3.63) is 0 Å². The molecule has 0 unspecified atom stereocenters. The molecular formula is C9H20BrN. The largest absolute Gasteiger partial charge is 1.00 e. The summed E-state index contributed by atoms with van der Waals surface area (Å²) >= 11 is 0. The molecule has 0 aliphatic carbocycles. The number of unbranched alkanes of at least 4 members (excludes halogenated alkanes) is 1. The van der Waals surface area contributed by atoms with Gasteiger partial charge in [-0.2, -0.15) is 0 Å². The summed E-state index contributed by atoms with van der Waals surface area (Å²) in [7, 11) is 2.41. The zero-order valence-corrected chi connectivity index (χ0v) is 9.36. The predicted molar refractivity (Wildman–Crippen MR) is 44.9 cm³/mol. The van der Waals surface area contributed by atoms with E-state index in [4.69, 9.17) is 0 Å². The molecule has 0 atom stereocenters. The molecule has 0 radical (unpaired) electrons. The van der Waals surface area contributed by atoms with E-state index in [-0.39, 0.29) is 17.0 Å². The smallest absolute Gasteiger partial charge is 0.0786 e. The monoisotopic (exact) mass is 221 g/mol. The summed E-state index contributed by atoms with van der Waals surface area (Å²) in [6.07, 6.45) is 5.69. The van der Waals surface area contributed by atoms with Crippen molar-refractivity contribution in [1.82, 2.24) is 0 Å². The van der Waals surface area contributed by atoms with Crippen molar-refractivity contribution < 1.29 is 21.5 Å². The van der Waals surface area contributed by atoms with Gasteiger partial charge in [0, 0.05) is 12.8 Å². The highest BCUT2D eigenvalue weighted by Gasteiger charge is 2.25. The van der Waals surface area contributed by atoms with Crippen LogP contribution in [0.2, 0.25) is 0 Å². The van der Waals surface area contributed by atoms with E-state index in [0.717, 1.165) is 0 Å². The molecule has 0 bridgehead atoms. The fourth-order valence-electron chi connectivity index (χ4n) is 1.86. The van der Waals surface area contributed by atoms with Gasteiger partial charge in [0.15, 0.2) is 0 Å². The molecule has 0 amide bonds. The Balaban J connectivity index is 0.000001000. The van der Waals surface area contributed by atoms with Crippen LogP contribution in [0.1, 0.15) is 32.6 Å². The molecule has 11 heavy (non-hydrogen) atoms. The van der Waals surface area contributed by atoms with Crippen molar-refractivity contribution in [2.75, 3.05) is 26.7 Å². The minimum atomic E-state index is 0. The fourth-order valence-corrected chi connectivity index (χ4v) is 1.86. The first-order valence-electron chi connectivity index (χ1n) is 4.60. The van der Waals surface area contributed by atoms with Gasteiger partial charge in [0.2, 0.25) is 0 Å². The van der Waals surface area contributed by atoms with Gasteiger partial charge in [-0.1, -0.05) is 13.3 Å². The van der Waals surface area contributed by atoms with Crippen LogP contribution in [0.15, 0.2) is 0 Å². The van der Waals surface area contributed by atoms with Gasteiger partial charge in [-0.25, -0.2) is 0 Å². The van der Waals surface area contributed by atoms with Crippen LogP contribution in [0.4, 0.5) is 0 Å². The van der Waals surface area contributed by atoms with Crippen LogP contribution >= 0.6 is 0 Å². The molecule has 1 fully saturated rings. The van der Waals surface area contributed by atoms with E-state index in [9.17, 15) is 0 Å². The van der Waals surface area contributed by atoms with Gasteiger partial charge in [0.05, 0.1) is 26.7 Å². The molecule has 0 aromatic heterocycles. The second kappa shape index (κ2) is 5.15. The van der Waals surface area contributed by atoms with Crippen molar-refractivity contribution in [3.63, 3.8) is 0 Å². The zero-order valence-electron chi connectivity index (χ0n) is 7.77. The number of quaternary nitrogens is 1. The quantitative estimate of drug-likeness (QED) is 0.539. The normalized spacial score (nSPS) is 21.3. The van der Waals surface area contributed by atoms with Gasteiger partial charge in [0.25, 0.3) is 0 Å². The third kappa shape index (κ3) is 3.57. The molecule has 2 heteroatoms. The number of hydrogen-bond donors (Lipinski definition) is 0. The summed E-state index contributed by atoms with van der Waals surface area (Å²) in [6.45, 7) is 6.55. The molecular weight excluding hydrogens is 202 g/mol. The second-order valence-corrected chi connectivity index (χ2v) is 3.85. The van der Waals surface area contributed by atoms with Gasteiger partial charge in [0.1, 0.15) is 0 Å². The van der Waals surface area contributed by atoms with Crippen molar-refractivity contribution in [3.8, 4) is 0 Å². The minimum absolute atomic E-state index is 0. The molecule has 0 saturated carbocycles. The van der Waals surface area contributed by atoms with Gasteiger partial charge in [-0.15, -0.1) is 0 Å². The predicted octanol–water partition coefficient (Wildman–Crippen LogP) is -0.969. The summed E-state index contributed by atoms with van der Waals surface area (Å²) in [5.74, 6) is 0. The fraction of sp³-hybridized carbons (Fsp3) is 1.00. The highest BCUT2D eigenvalue weighted by molar-refractivity contribution is 4.51. The molecule has 0 aromatic rings. The van der Waals surface area contributed by atoms with Crippen LogP contribution in [0.5, 0.6) is 0 Å². The van der Waals surface area contributed by atoms with E-state index in [0.29, 0.717) is 0 Å². The van der Waals surface area contributed by atoms with Crippen molar-refractivity contribution in [2.24, 2.45) is 0 Å². The third-order valence-electron chi connectivity index (χ3n) is 2.70. The number of hydrogen-bond acceptors (Lipinski definition) is 0. The van der Waals surface area contributed by atoms with Gasteiger partial charge >= 0.3 is 0 Å². The standard InChI is InChI=1S/C9H20N.BrH/c1-3-4-7-10(2)8-5-6-9-10;/h3-9H2,1-2H3;1H/q+1;/p-1. The number of rotatable bonds is 3. The zero-order chi connectivity index (χ0) is 7.45. The molecule has 0 N–H and O–H groups in total. The second-order valence-electron chi connectivity index (χ2n) is 3.85. The lowest BCUT2D eigenvalue weighted by Gasteiger charge is -2.28. The lowest BCUT2D eigenvalue weighted by molar-refractivity contribution is -0.897. The van der Waals surface area contributed by atoms with Crippen LogP contribution < -0.4 is 17.0 Å². The van der Waals surface area contributed by atoms with Crippen LogP contribution in [0.25, 0.3) is 0 Å². The Kier molecular flexibility index (Phi) is 5.36. The summed E-state index contributed by atoms with van der Waals surface area (Å²) in [6, 6.07) is 0. The van der Waals surface area contributed by atoms with Gasteiger partial charge in [-0.3, -0.25) is 0 Å². The maximum Gasteiger partial charge on any atom is 0.0786 e. The summed E-state index contributed by atoms with van der Waals surface area (Å²) in [5.41, 5.74) is 0. The Morgan fingerprint density at radius 2 is 1.73 bits per heavy atom. The van der Waals surface area contributed by atoms with E-state index in [1.807, 2.05) is 0 Å². The average molecular weight is 222 g/mol. The minimum Gasteiger partial charge on any atom is -1.00 e. The van der Waals surface area contributed by atoms with Gasteiger partial charge < -0.3 is 21.5 Å². The molecule has 1 rings (SSSR count). The lowest BCUT2D eigenvalue weighted by atomic mass is 10.3. The van der Waals surface area contributed by atoms with E-state index in [2.05, 4.69) is 14.0 Å². The maximum atomic E-state index is 2.41. The van der Waals surface area contributed by atoms with E-state index in [1.54, 1.807) is 0 Å². The number of halogens is 1. The first-order chi connectivity index (χ1) is 4.77. The van der Waals surface area contributed by atoms with Crippen LogP contribution in [0.3, 0.4) is 0 Å². The van der Waals surface area contributed by atoms with Crippen molar-refractivity contribution >= 4 is 0 Å². The Labute approximate surface area is 81.1 Å². The van der Waals surface area contributed by atoms with Crippen molar-refractivity contribution in [2.45, 2.75) is 32.6 Å². The van der Waals surface area contributed by atoms with E-state index in [1.165, 1.54) is 49.8 Å². The summed E-state index contributed by atoms with van der Waals surface area (Å²) < 4.78 is 1.36. The van der Waals surface area contributed by atoms with Gasteiger partial charge in [-0.05, 0) is 6.42 Å². The molecule has 0 spiro atoms. The lowest BCUT2D eigenvalue weighted by Crippen LogP contribution is -3.00. The van der Waals surface area contributed by atoms with Crippen LogP contribution in [0, 0.1) is 0 Å². The van der Waals surface area contributed by atoms with Crippen LogP contribution in [-0.4, -0.2) is 31.2 Å². The Bertz CT molecular complexity index is 97.7. The molecule has 0 aromatic carbocycles. The molecule has 1 nitrogen and oxygen atoms in total. The Hall–Kier alpha value is 0.440.